The summed E-state index contributed by atoms with van der Waals surface area (Å²) < 4.78 is 36.6. The first-order valence-corrected chi connectivity index (χ1v) is 3.22. The molecule has 0 saturated heterocycles. The highest BCUT2D eigenvalue weighted by molar-refractivity contribution is 4.99. The first-order chi connectivity index (χ1) is 5.66. The van der Waals surface area contributed by atoms with Crippen molar-refractivity contribution in [2.24, 2.45) is 0 Å². The second-order valence-corrected chi connectivity index (χ2v) is 2.13. The maximum Gasteiger partial charge on any atom is 0.289 e. The number of nitrogens with zero attached hydrogens (tertiary/aromatic N) is 2. The lowest BCUT2D eigenvalue weighted by molar-refractivity contribution is -0.00268. The minimum atomic E-state index is -3.13. The molecule has 1 aromatic heterocycles. The third-order valence-electron chi connectivity index (χ3n) is 1.36. The van der Waals surface area contributed by atoms with E-state index in [0.29, 0.717) is 4.68 Å². The van der Waals surface area contributed by atoms with Crippen LogP contribution in [0.4, 0.5) is 13.2 Å². The third kappa shape index (κ3) is 1.58. The summed E-state index contributed by atoms with van der Waals surface area (Å²) in [5.41, 5.74) is 0.0304. The fraction of sp³-hybridized carbons (Fsp3) is 0.500. The Morgan fingerprint density at radius 2 is 2.17 bits per heavy atom. The van der Waals surface area contributed by atoms with Crippen molar-refractivity contribution in [2.75, 3.05) is 0 Å². The van der Waals surface area contributed by atoms with E-state index < -0.39 is 19.3 Å². The Balaban J connectivity index is 2.86. The van der Waals surface area contributed by atoms with E-state index in [1.807, 2.05) is 0 Å². The minimum absolute atomic E-state index is 0.0304. The van der Waals surface area contributed by atoms with Crippen molar-refractivity contribution in [1.29, 1.82) is 0 Å². The highest BCUT2D eigenvalue weighted by Crippen LogP contribution is 2.18. The molecule has 0 bridgehead atoms. The second kappa shape index (κ2) is 3.57. The predicted octanol–water partition coefficient (Wildman–Crippen LogP) is 1.11. The van der Waals surface area contributed by atoms with Crippen molar-refractivity contribution >= 4 is 0 Å². The smallest absolute Gasteiger partial charge is 0.289 e. The van der Waals surface area contributed by atoms with Crippen LogP contribution in [0.25, 0.3) is 0 Å². The number of rotatable bonds is 3. The molecular formula is C6H7F3N2O. The zero-order chi connectivity index (χ0) is 9.14. The van der Waals surface area contributed by atoms with Crippen LogP contribution in [0.3, 0.4) is 0 Å². The molecule has 1 aromatic rings. The third-order valence-corrected chi connectivity index (χ3v) is 1.36. The number of aromatic nitrogens is 2. The summed E-state index contributed by atoms with van der Waals surface area (Å²) in [5, 5.41) is 11.9. The van der Waals surface area contributed by atoms with Gasteiger partial charge in [0.15, 0.2) is 0 Å². The molecule has 1 unspecified atom stereocenters. The van der Waals surface area contributed by atoms with E-state index in [4.69, 9.17) is 5.11 Å². The van der Waals surface area contributed by atoms with Gasteiger partial charge in [0.05, 0.1) is 12.3 Å². The summed E-state index contributed by atoms with van der Waals surface area (Å²) in [6.07, 6.45) is -4.46. The molecule has 1 atom stereocenters. The van der Waals surface area contributed by atoms with Gasteiger partial charge in [-0.3, -0.25) is 0 Å². The average Bonchev–Trinajstić information content (AvgIpc) is 2.49. The molecule has 0 saturated carbocycles. The molecule has 0 radical (unpaired) electrons. The normalized spacial score (nSPS) is 13.8. The SMILES string of the molecule is OCc1ccnn1C(F)C(F)F. The van der Waals surface area contributed by atoms with E-state index in [-0.39, 0.29) is 5.69 Å². The van der Waals surface area contributed by atoms with Crippen LogP contribution < -0.4 is 0 Å². The minimum Gasteiger partial charge on any atom is -0.390 e. The summed E-state index contributed by atoms with van der Waals surface area (Å²) in [5.74, 6) is 0. The predicted molar refractivity (Wildman–Crippen MR) is 34.3 cm³/mol. The lowest BCUT2D eigenvalue weighted by atomic mass is 10.4. The topological polar surface area (TPSA) is 38.1 Å². The van der Waals surface area contributed by atoms with Crippen molar-refractivity contribution in [3.05, 3.63) is 18.0 Å². The van der Waals surface area contributed by atoms with Crippen molar-refractivity contribution in [1.82, 2.24) is 9.78 Å². The number of hydrogen-bond acceptors (Lipinski definition) is 2. The van der Waals surface area contributed by atoms with Gasteiger partial charge in [-0.25, -0.2) is 17.9 Å². The van der Waals surface area contributed by atoms with E-state index in [1.54, 1.807) is 0 Å². The monoisotopic (exact) mass is 180 g/mol. The second-order valence-electron chi connectivity index (χ2n) is 2.13. The van der Waals surface area contributed by atoms with Gasteiger partial charge in [-0.05, 0) is 6.07 Å². The molecule has 68 valence electrons. The van der Waals surface area contributed by atoms with Gasteiger partial charge in [0.25, 0.3) is 12.7 Å². The highest BCUT2D eigenvalue weighted by atomic mass is 19.3. The van der Waals surface area contributed by atoms with E-state index >= 15 is 0 Å². The van der Waals surface area contributed by atoms with Crippen LogP contribution in [0, 0.1) is 0 Å². The Morgan fingerprint density at radius 1 is 1.50 bits per heavy atom. The zero-order valence-corrected chi connectivity index (χ0v) is 5.99. The molecule has 0 spiro atoms. The zero-order valence-electron chi connectivity index (χ0n) is 5.99. The summed E-state index contributed by atoms with van der Waals surface area (Å²) in [7, 11) is 0. The quantitative estimate of drug-likeness (QED) is 0.756. The molecule has 0 amide bonds. The highest BCUT2D eigenvalue weighted by Gasteiger charge is 2.23. The number of aliphatic hydroxyl groups excluding tert-OH is 1. The summed E-state index contributed by atoms with van der Waals surface area (Å²) in [6, 6.07) is 1.27. The van der Waals surface area contributed by atoms with Gasteiger partial charge in [-0.15, -0.1) is 0 Å². The first-order valence-electron chi connectivity index (χ1n) is 3.22. The largest absolute Gasteiger partial charge is 0.390 e. The number of aliphatic hydroxyl groups is 1. The number of halogens is 3. The van der Waals surface area contributed by atoms with Crippen LogP contribution in [-0.4, -0.2) is 21.3 Å². The van der Waals surface area contributed by atoms with Crippen LogP contribution >= 0.6 is 0 Å². The molecule has 12 heavy (non-hydrogen) atoms. The van der Waals surface area contributed by atoms with Gasteiger partial charge in [0.1, 0.15) is 0 Å². The van der Waals surface area contributed by atoms with Crippen molar-refractivity contribution < 1.29 is 18.3 Å². The van der Waals surface area contributed by atoms with E-state index in [0.717, 1.165) is 6.20 Å². The van der Waals surface area contributed by atoms with Crippen LogP contribution in [0.1, 0.15) is 12.0 Å². The van der Waals surface area contributed by atoms with E-state index in [9.17, 15) is 13.2 Å². The molecule has 1 rings (SSSR count). The van der Waals surface area contributed by atoms with Gasteiger partial charge >= 0.3 is 0 Å². The van der Waals surface area contributed by atoms with Crippen molar-refractivity contribution in [3.8, 4) is 0 Å². The maximum absolute atomic E-state index is 12.6. The molecule has 0 fully saturated rings. The first kappa shape index (κ1) is 9.05. The average molecular weight is 180 g/mol. The standard InChI is InChI=1S/C6H7F3N2O/c7-5(8)6(9)11-4(3-12)1-2-10-11/h1-2,5-6,12H,3H2. The van der Waals surface area contributed by atoms with Gasteiger partial charge in [-0.2, -0.15) is 5.10 Å². The molecule has 0 aliphatic rings. The molecule has 0 aliphatic heterocycles. The molecule has 6 heteroatoms. The van der Waals surface area contributed by atoms with Gasteiger partial charge in [0, 0.05) is 6.20 Å². The Hall–Kier alpha value is -1.04. The molecule has 0 aliphatic carbocycles. The molecule has 1 heterocycles. The molecule has 3 nitrogen and oxygen atoms in total. The summed E-state index contributed by atoms with van der Waals surface area (Å²) in [4.78, 5) is 0. The Morgan fingerprint density at radius 3 is 2.67 bits per heavy atom. The van der Waals surface area contributed by atoms with Gasteiger partial charge < -0.3 is 5.11 Å². The van der Waals surface area contributed by atoms with Crippen molar-refractivity contribution in [2.45, 2.75) is 19.3 Å². The van der Waals surface area contributed by atoms with Gasteiger partial charge in [-0.1, -0.05) is 0 Å². The Bertz CT molecular complexity index is 251. The number of alkyl halides is 3. The van der Waals surface area contributed by atoms with Gasteiger partial charge in [0.2, 0.25) is 0 Å². The Kier molecular flexibility index (Phi) is 2.69. The fourth-order valence-corrected chi connectivity index (χ4v) is 0.796. The lowest BCUT2D eigenvalue weighted by Crippen LogP contribution is -2.16. The fourth-order valence-electron chi connectivity index (χ4n) is 0.796. The lowest BCUT2D eigenvalue weighted by Gasteiger charge is -2.09. The summed E-state index contributed by atoms with van der Waals surface area (Å²) in [6.45, 7) is -0.507. The van der Waals surface area contributed by atoms with Crippen molar-refractivity contribution in [3.63, 3.8) is 0 Å². The number of hydrogen-bond donors (Lipinski definition) is 1. The maximum atomic E-state index is 12.6. The molecule has 0 aromatic carbocycles. The molecule has 1 N–H and O–H groups in total. The molecular weight excluding hydrogens is 173 g/mol. The Labute approximate surface area is 66.4 Å². The van der Waals surface area contributed by atoms with Crippen LogP contribution in [-0.2, 0) is 6.61 Å². The van der Waals surface area contributed by atoms with Crippen LogP contribution in [0.15, 0.2) is 12.3 Å². The van der Waals surface area contributed by atoms with E-state index in [2.05, 4.69) is 5.10 Å². The summed E-state index contributed by atoms with van der Waals surface area (Å²) >= 11 is 0. The van der Waals surface area contributed by atoms with E-state index in [1.165, 1.54) is 6.07 Å². The van der Waals surface area contributed by atoms with Crippen LogP contribution in [0.5, 0.6) is 0 Å². The van der Waals surface area contributed by atoms with Crippen LogP contribution in [0.2, 0.25) is 0 Å².